The third kappa shape index (κ3) is 3.24. The standard InChI is InChI=1S/C26H40O4/c1-6-22(27)29-18-10-13-24(3)17(16-18)8-9-19-20(24)11-14-25(4)21(19)12-15-26(25,5)30-23(28)7-2/h8,18-21H,6-7,9-16H2,1-5H3/t18-,19+,20-,21-,24-,25-,26+/m0/s1. The van der Waals surface area contributed by atoms with Crippen LogP contribution in [0.1, 0.15) is 98.8 Å². The van der Waals surface area contributed by atoms with Crippen LogP contribution in [0.4, 0.5) is 0 Å². The number of hydrogen-bond donors (Lipinski definition) is 0. The van der Waals surface area contributed by atoms with E-state index in [0.717, 1.165) is 38.5 Å². The van der Waals surface area contributed by atoms with Gasteiger partial charge < -0.3 is 9.47 Å². The van der Waals surface area contributed by atoms with Crippen LogP contribution in [0, 0.1) is 28.6 Å². The number of carbonyl (C=O) groups excluding carboxylic acids is 2. The molecule has 4 heteroatoms. The van der Waals surface area contributed by atoms with Crippen molar-refractivity contribution in [3.63, 3.8) is 0 Å². The molecule has 0 bridgehead atoms. The van der Waals surface area contributed by atoms with Crippen LogP contribution in [-0.4, -0.2) is 23.6 Å². The zero-order valence-electron chi connectivity index (χ0n) is 19.6. The highest BCUT2D eigenvalue weighted by Gasteiger charge is 2.64. The molecule has 0 aliphatic heterocycles. The maximum Gasteiger partial charge on any atom is 0.306 e. The summed E-state index contributed by atoms with van der Waals surface area (Å²) in [6, 6.07) is 0. The molecule has 4 nitrogen and oxygen atoms in total. The number of esters is 2. The van der Waals surface area contributed by atoms with Crippen molar-refractivity contribution < 1.29 is 19.1 Å². The van der Waals surface area contributed by atoms with E-state index in [1.54, 1.807) is 0 Å². The Balaban J connectivity index is 1.55. The van der Waals surface area contributed by atoms with Gasteiger partial charge in [-0.05, 0) is 75.0 Å². The van der Waals surface area contributed by atoms with Crippen LogP contribution in [0.15, 0.2) is 11.6 Å². The highest BCUT2D eigenvalue weighted by atomic mass is 16.6. The van der Waals surface area contributed by atoms with Crippen LogP contribution >= 0.6 is 0 Å². The number of hydrogen-bond acceptors (Lipinski definition) is 4. The zero-order valence-corrected chi connectivity index (χ0v) is 19.6. The molecular weight excluding hydrogens is 376 g/mol. The van der Waals surface area contributed by atoms with Gasteiger partial charge in [-0.3, -0.25) is 9.59 Å². The number of ether oxygens (including phenoxy) is 2. The lowest BCUT2D eigenvalue weighted by atomic mass is 9.47. The number of allylic oxidation sites excluding steroid dienone is 1. The summed E-state index contributed by atoms with van der Waals surface area (Å²) in [5, 5.41) is 0. The molecule has 0 heterocycles. The predicted octanol–water partition coefficient (Wildman–Crippen LogP) is 5.98. The summed E-state index contributed by atoms with van der Waals surface area (Å²) in [4.78, 5) is 24.0. The lowest BCUT2D eigenvalue weighted by molar-refractivity contribution is -0.179. The lowest BCUT2D eigenvalue weighted by Gasteiger charge is -2.59. The first-order chi connectivity index (χ1) is 14.2. The van der Waals surface area contributed by atoms with Crippen LogP contribution in [0.2, 0.25) is 0 Å². The minimum absolute atomic E-state index is 0.0563. The molecule has 0 radical (unpaired) electrons. The SMILES string of the molecule is CCC(=O)O[C@H]1CC[C@@]2(C)C(=CC[C@@H]3[C@@H]2CC[C@@]2(C)[C@H]3CC[C@@]2(C)OC(=O)CC)C1. The van der Waals surface area contributed by atoms with Gasteiger partial charge in [0.15, 0.2) is 0 Å². The molecule has 3 fully saturated rings. The fourth-order valence-corrected chi connectivity index (χ4v) is 7.71. The van der Waals surface area contributed by atoms with Crippen molar-refractivity contribution in [3.05, 3.63) is 11.6 Å². The van der Waals surface area contributed by atoms with Crippen LogP contribution in [0.5, 0.6) is 0 Å². The Kier molecular flexibility index (Phi) is 5.60. The minimum atomic E-state index is -0.327. The zero-order chi connectivity index (χ0) is 21.7. The highest BCUT2D eigenvalue weighted by Crippen LogP contribution is 2.67. The van der Waals surface area contributed by atoms with Crippen molar-refractivity contribution in [1.82, 2.24) is 0 Å². The molecule has 3 saturated carbocycles. The lowest BCUT2D eigenvalue weighted by Crippen LogP contribution is -2.55. The van der Waals surface area contributed by atoms with E-state index in [-0.39, 0.29) is 34.5 Å². The summed E-state index contributed by atoms with van der Waals surface area (Å²) in [5.41, 5.74) is 1.52. The van der Waals surface area contributed by atoms with Crippen molar-refractivity contribution in [3.8, 4) is 0 Å². The van der Waals surface area contributed by atoms with Crippen molar-refractivity contribution in [2.24, 2.45) is 28.6 Å². The molecule has 30 heavy (non-hydrogen) atoms. The Labute approximate surface area is 182 Å². The molecule has 0 spiro atoms. The van der Waals surface area contributed by atoms with Gasteiger partial charge in [0.2, 0.25) is 0 Å². The topological polar surface area (TPSA) is 52.6 Å². The molecule has 0 unspecified atom stereocenters. The van der Waals surface area contributed by atoms with Crippen molar-refractivity contribution in [1.29, 1.82) is 0 Å². The summed E-state index contributed by atoms with van der Waals surface area (Å²) in [6.45, 7) is 10.8. The number of fused-ring (bicyclic) bond motifs is 5. The Bertz CT molecular complexity index is 741. The number of carbonyl (C=O) groups is 2. The van der Waals surface area contributed by atoms with Gasteiger partial charge in [-0.1, -0.05) is 39.3 Å². The molecule has 7 atom stereocenters. The molecule has 0 saturated heterocycles. The Morgan fingerprint density at radius 2 is 1.67 bits per heavy atom. The fourth-order valence-electron chi connectivity index (χ4n) is 7.71. The Morgan fingerprint density at radius 3 is 2.37 bits per heavy atom. The molecule has 0 amide bonds. The van der Waals surface area contributed by atoms with Gasteiger partial charge in [-0.15, -0.1) is 0 Å². The van der Waals surface area contributed by atoms with Gasteiger partial charge >= 0.3 is 11.9 Å². The van der Waals surface area contributed by atoms with E-state index in [0.29, 0.717) is 30.6 Å². The van der Waals surface area contributed by atoms with Crippen molar-refractivity contribution in [2.75, 3.05) is 0 Å². The summed E-state index contributed by atoms with van der Waals surface area (Å²) in [7, 11) is 0. The van der Waals surface area contributed by atoms with Gasteiger partial charge in [0.25, 0.3) is 0 Å². The minimum Gasteiger partial charge on any atom is -0.462 e. The maximum absolute atomic E-state index is 12.2. The van der Waals surface area contributed by atoms with Crippen molar-refractivity contribution in [2.45, 2.75) is 111 Å². The fraction of sp³-hybridized carbons (Fsp3) is 0.846. The molecule has 0 aromatic carbocycles. The van der Waals surface area contributed by atoms with Gasteiger partial charge in [0.1, 0.15) is 11.7 Å². The summed E-state index contributed by atoms with van der Waals surface area (Å²) in [5.74, 6) is 1.87. The molecule has 4 rings (SSSR count). The van der Waals surface area contributed by atoms with Crippen molar-refractivity contribution >= 4 is 11.9 Å². The third-order valence-corrected chi connectivity index (χ3v) is 9.80. The van der Waals surface area contributed by atoms with Gasteiger partial charge in [0.05, 0.1) is 0 Å². The van der Waals surface area contributed by atoms with Crippen LogP contribution in [0.3, 0.4) is 0 Å². The Hall–Kier alpha value is -1.32. The second-order valence-corrected chi connectivity index (χ2v) is 11.0. The smallest absolute Gasteiger partial charge is 0.306 e. The monoisotopic (exact) mass is 416 g/mol. The normalized spacial score (nSPS) is 44.9. The molecule has 168 valence electrons. The quantitative estimate of drug-likeness (QED) is 0.418. The van der Waals surface area contributed by atoms with Gasteiger partial charge in [-0.25, -0.2) is 0 Å². The van der Waals surface area contributed by atoms with Crippen LogP contribution < -0.4 is 0 Å². The van der Waals surface area contributed by atoms with E-state index in [9.17, 15) is 9.59 Å². The summed E-state index contributed by atoms with van der Waals surface area (Å²) in [6.07, 6.45) is 12.1. The van der Waals surface area contributed by atoms with E-state index in [1.165, 1.54) is 18.4 Å². The molecule has 4 aliphatic rings. The predicted molar refractivity (Wildman–Crippen MR) is 117 cm³/mol. The molecular formula is C26H40O4. The average molecular weight is 417 g/mol. The van der Waals surface area contributed by atoms with Gasteiger partial charge in [0, 0.05) is 24.7 Å². The maximum atomic E-state index is 12.2. The van der Waals surface area contributed by atoms with Crippen LogP contribution in [-0.2, 0) is 19.1 Å². The first-order valence-electron chi connectivity index (χ1n) is 12.3. The van der Waals surface area contributed by atoms with E-state index < -0.39 is 0 Å². The largest absolute Gasteiger partial charge is 0.462 e. The summed E-state index contributed by atoms with van der Waals surface area (Å²) < 4.78 is 11.8. The molecule has 0 N–H and O–H groups in total. The third-order valence-electron chi connectivity index (χ3n) is 9.80. The van der Waals surface area contributed by atoms with Gasteiger partial charge in [-0.2, -0.15) is 0 Å². The number of rotatable bonds is 4. The second-order valence-electron chi connectivity index (χ2n) is 11.0. The Morgan fingerprint density at radius 1 is 0.967 bits per heavy atom. The average Bonchev–Trinajstić information content (AvgIpc) is 2.98. The van der Waals surface area contributed by atoms with Crippen LogP contribution in [0.25, 0.3) is 0 Å². The highest BCUT2D eigenvalue weighted by molar-refractivity contribution is 5.69. The van der Waals surface area contributed by atoms with E-state index in [1.807, 2.05) is 13.8 Å². The summed E-state index contributed by atoms with van der Waals surface area (Å²) >= 11 is 0. The molecule has 0 aromatic rings. The molecule has 4 aliphatic carbocycles. The van der Waals surface area contributed by atoms with E-state index in [4.69, 9.17) is 9.47 Å². The first kappa shape index (κ1) is 21.9. The molecule has 0 aromatic heterocycles. The van der Waals surface area contributed by atoms with E-state index >= 15 is 0 Å². The second kappa shape index (κ2) is 7.67. The first-order valence-corrected chi connectivity index (χ1v) is 12.3. The van der Waals surface area contributed by atoms with E-state index in [2.05, 4.69) is 26.8 Å².